The van der Waals surface area contributed by atoms with Crippen molar-refractivity contribution in [2.75, 3.05) is 0 Å². The van der Waals surface area contributed by atoms with Gasteiger partial charge in [0.2, 0.25) is 0 Å². The second-order valence-electron chi connectivity index (χ2n) is 6.93. The number of carbonyl (C=O) groups excluding carboxylic acids is 1. The molecule has 0 atom stereocenters. The molecule has 0 aliphatic heterocycles. The van der Waals surface area contributed by atoms with Gasteiger partial charge in [-0.25, -0.2) is 4.68 Å². The quantitative estimate of drug-likeness (QED) is 0.689. The van der Waals surface area contributed by atoms with Gasteiger partial charge < -0.3 is 5.32 Å². The number of hydrogen-bond donors (Lipinski definition) is 1. The molecule has 3 aromatic rings. The number of benzene rings is 1. The third-order valence-corrected chi connectivity index (χ3v) is 4.51. The lowest BCUT2D eigenvalue weighted by Gasteiger charge is -2.08. The monoisotopic (exact) mass is 382 g/mol. The van der Waals surface area contributed by atoms with Crippen LogP contribution in [0.25, 0.3) is 5.69 Å². The standard InChI is InChI=1S/C21H23ClN4O/c1-14(2)11-19-20(21(27)24-13-16-7-9-23-10-8-16)15(3)26(25-19)18-6-4-5-17(22)12-18/h4-10,12,14H,11,13H2,1-3H3,(H,24,27). The number of nitrogens with one attached hydrogen (secondary N) is 1. The number of halogens is 1. The van der Waals surface area contributed by atoms with E-state index in [2.05, 4.69) is 24.1 Å². The molecule has 0 saturated heterocycles. The number of hydrogen-bond acceptors (Lipinski definition) is 3. The maximum Gasteiger partial charge on any atom is 0.255 e. The molecule has 140 valence electrons. The summed E-state index contributed by atoms with van der Waals surface area (Å²) in [6.07, 6.45) is 4.16. The van der Waals surface area contributed by atoms with E-state index < -0.39 is 0 Å². The van der Waals surface area contributed by atoms with Gasteiger partial charge in [0, 0.05) is 24.0 Å². The lowest BCUT2D eigenvalue weighted by atomic mass is 10.0. The molecular weight excluding hydrogens is 360 g/mol. The summed E-state index contributed by atoms with van der Waals surface area (Å²) in [6.45, 7) is 6.60. The third-order valence-electron chi connectivity index (χ3n) is 4.27. The van der Waals surface area contributed by atoms with E-state index in [1.54, 1.807) is 17.1 Å². The van der Waals surface area contributed by atoms with Crippen LogP contribution in [0.4, 0.5) is 0 Å². The Balaban J connectivity index is 1.93. The van der Waals surface area contributed by atoms with Gasteiger partial charge in [-0.2, -0.15) is 5.10 Å². The van der Waals surface area contributed by atoms with E-state index in [-0.39, 0.29) is 5.91 Å². The first-order valence-electron chi connectivity index (χ1n) is 8.97. The molecule has 1 N–H and O–H groups in total. The summed E-state index contributed by atoms with van der Waals surface area (Å²) in [4.78, 5) is 16.9. The van der Waals surface area contributed by atoms with Gasteiger partial charge in [-0.3, -0.25) is 9.78 Å². The number of aromatic nitrogens is 3. The third kappa shape index (κ3) is 4.55. The molecule has 0 bridgehead atoms. The van der Waals surface area contributed by atoms with Crippen LogP contribution in [0.1, 0.15) is 41.2 Å². The molecule has 5 nitrogen and oxygen atoms in total. The summed E-state index contributed by atoms with van der Waals surface area (Å²) < 4.78 is 1.80. The van der Waals surface area contributed by atoms with E-state index >= 15 is 0 Å². The molecule has 2 aromatic heterocycles. The van der Waals surface area contributed by atoms with Crippen molar-refractivity contribution in [3.63, 3.8) is 0 Å². The van der Waals surface area contributed by atoms with Gasteiger partial charge in [0.25, 0.3) is 5.91 Å². The second-order valence-corrected chi connectivity index (χ2v) is 7.37. The second kappa shape index (κ2) is 8.35. The minimum absolute atomic E-state index is 0.117. The molecule has 1 amide bonds. The van der Waals surface area contributed by atoms with Gasteiger partial charge in [-0.1, -0.05) is 31.5 Å². The van der Waals surface area contributed by atoms with E-state index in [0.717, 1.165) is 29.1 Å². The van der Waals surface area contributed by atoms with Gasteiger partial charge in [-0.15, -0.1) is 0 Å². The zero-order chi connectivity index (χ0) is 19.4. The molecule has 0 fully saturated rings. The Labute approximate surface area is 164 Å². The van der Waals surface area contributed by atoms with Crippen LogP contribution < -0.4 is 5.32 Å². The molecule has 3 rings (SSSR count). The first kappa shape index (κ1) is 19.1. The summed E-state index contributed by atoms with van der Waals surface area (Å²) in [7, 11) is 0. The maximum absolute atomic E-state index is 12.9. The van der Waals surface area contributed by atoms with E-state index in [4.69, 9.17) is 16.7 Å². The van der Waals surface area contributed by atoms with Crippen LogP contribution >= 0.6 is 11.6 Å². The first-order chi connectivity index (χ1) is 13.0. The predicted molar refractivity (Wildman–Crippen MR) is 107 cm³/mol. The van der Waals surface area contributed by atoms with Crippen molar-refractivity contribution in [1.29, 1.82) is 0 Å². The summed E-state index contributed by atoms with van der Waals surface area (Å²) in [5, 5.41) is 8.36. The average Bonchev–Trinajstić information content (AvgIpc) is 2.96. The van der Waals surface area contributed by atoms with Crippen molar-refractivity contribution in [1.82, 2.24) is 20.1 Å². The van der Waals surface area contributed by atoms with Crippen molar-refractivity contribution >= 4 is 17.5 Å². The Bertz CT molecular complexity index is 935. The Morgan fingerprint density at radius 1 is 1.22 bits per heavy atom. The van der Waals surface area contributed by atoms with Gasteiger partial charge in [0.15, 0.2) is 0 Å². The normalized spacial score (nSPS) is 11.0. The molecule has 27 heavy (non-hydrogen) atoms. The lowest BCUT2D eigenvalue weighted by Crippen LogP contribution is -2.24. The van der Waals surface area contributed by atoms with Crippen molar-refractivity contribution in [3.05, 3.63) is 76.3 Å². The lowest BCUT2D eigenvalue weighted by molar-refractivity contribution is 0.0949. The smallest absolute Gasteiger partial charge is 0.255 e. The fourth-order valence-electron chi connectivity index (χ4n) is 3.02. The van der Waals surface area contributed by atoms with Gasteiger partial charge in [0.1, 0.15) is 0 Å². The SMILES string of the molecule is Cc1c(C(=O)NCc2ccncc2)c(CC(C)C)nn1-c1cccc(Cl)c1. The largest absolute Gasteiger partial charge is 0.348 e. The van der Waals surface area contributed by atoms with Crippen molar-refractivity contribution in [2.24, 2.45) is 5.92 Å². The van der Waals surface area contributed by atoms with Crippen LogP contribution in [0.5, 0.6) is 0 Å². The van der Waals surface area contributed by atoms with Crippen LogP contribution in [0.3, 0.4) is 0 Å². The van der Waals surface area contributed by atoms with E-state index in [1.165, 1.54) is 0 Å². The van der Waals surface area contributed by atoms with Crippen LogP contribution in [-0.4, -0.2) is 20.7 Å². The van der Waals surface area contributed by atoms with Crippen LogP contribution in [0.2, 0.25) is 5.02 Å². The Morgan fingerprint density at radius 2 is 1.96 bits per heavy atom. The van der Waals surface area contributed by atoms with Gasteiger partial charge >= 0.3 is 0 Å². The molecule has 0 unspecified atom stereocenters. The molecule has 2 heterocycles. The maximum atomic E-state index is 12.9. The average molecular weight is 383 g/mol. The highest BCUT2D eigenvalue weighted by Gasteiger charge is 2.22. The molecule has 0 radical (unpaired) electrons. The molecule has 1 aromatic carbocycles. The Hall–Kier alpha value is -2.66. The van der Waals surface area contributed by atoms with Crippen LogP contribution in [0.15, 0.2) is 48.8 Å². The van der Waals surface area contributed by atoms with E-state index in [0.29, 0.717) is 23.0 Å². The predicted octanol–water partition coefficient (Wildman–Crippen LogP) is 4.36. The topological polar surface area (TPSA) is 59.8 Å². The number of nitrogens with zero attached hydrogens (tertiary/aromatic N) is 3. The summed E-state index contributed by atoms with van der Waals surface area (Å²) in [6, 6.07) is 11.3. The highest BCUT2D eigenvalue weighted by atomic mass is 35.5. The summed E-state index contributed by atoms with van der Waals surface area (Å²) in [5.41, 5.74) is 4.09. The fraction of sp³-hybridized carbons (Fsp3) is 0.286. The number of carbonyl (C=O) groups is 1. The van der Waals surface area contributed by atoms with Crippen molar-refractivity contribution in [2.45, 2.75) is 33.7 Å². The molecule has 0 saturated carbocycles. The Morgan fingerprint density at radius 3 is 2.63 bits per heavy atom. The van der Waals surface area contributed by atoms with Crippen LogP contribution in [0, 0.1) is 12.8 Å². The molecule has 0 aliphatic rings. The molecule has 6 heteroatoms. The highest BCUT2D eigenvalue weighted by Crippen LogP contribution is 2.22. The highest BCUT2D eigenvalue weighted by molar-refractivity contribution is 6.30. The molecular formula is C21H23ClN4O. The number of pyridine rings is 1. The Kier molecular flexibility index (Phi) is 5.91. The minimum atomic E-state index is -0.117. The number of amides is 1. The van der Waals surface area contributed by atoms with E-state index in [1.807, 2.05) is 43.3 Å². The fourth-order valence-corrected chi connectivity index (χ4v) is 3.20. The van der Waals surface area contributed by atoms with Crippen molar-refractivity contribution in [3.8, 4) is 5.69 Å². The summed E-state index contributed by atoms with van der Waals surface area (Å²) in [5.74, 6) is 0.270. The van der Waals surface area contributed by atoms with Crippen LogP contribution in [-0.2, 0) is 13.0 Å². The zero-order valence-electron chi connectivity index (χ0n) is 15.7. The van der Waals surface area contributed by atoms with Gasteiger partial charge in [-0.05, 0) is 55.2 Å². The molecule has 0 spiro atoms. The van der Waals surface area contributed by atoms with E-state index in [9.17, 15) is 4.79 Å². The summed E-state index contributed by atoms with van der Waals surface area (Å²) >= 11 is 6.13. The number of rotatable bonds is 6. The minimum Gasteiger partial charge on any atom is -0.348 e. The zero-order valence-corrected chi connectivity index (χ0v) is 16.5. The van der Waals surface area contributed by atoms with Crippen molar-refractivity contribution < 1.29 is 4.79 Å². The van der Waals surface area contributed by atoms with Gasteiger partial charge in [0.05, 0.1) is 22.6 Å². The molecule has 0 aliphatic carbocycles. The first-order valence-corrected chi connectivity index (χ1v) is 9.35.